The molecule has 23 heavy (non-hydrogen) atoms. The van der Waals surface area contributed by atoms with Crippen molar-refractivity contribution in [1.29, 1.82) is 0 Å². The Morgan fingerprint density at radius 3 is 2.70 bits per heavy atom. The van der Waals surface area contributed by atoms with Crippen molar-refractivity contribution in [3.8, 4) is 0 Å². The molecule has 1 heterocycles. The van der Waals surface area contributed by atoms with Crippen molar-refractivity contribution in [2.24, 2.45) is 5.73 Å². The van der Waals surface area contributed by atoms with E-state index in [4.69, 9.17) is 10.5 Å². The molecule has 0 bridgehead atoms. The first kappa shape index (κ1) is 16.9. The molecule has 0 atom stereocenters. The molecule has 2 rings (SSSR count). The van der Waals surface area contributed by atoms with Crippen molar-refractivity contribution < 1.29 is 19.1 Å². The molecule has 0 aliphatic heterocycles. The quantitative estimate of drug-likeness (QED) is 0.685. The number of hydrogen-bond donors (Lipinski definition) is 3. The fourth-order valence-electron chi connectivity index (χ4n) is 1.88. The fraction of sp³-hybridized carbons (Fsp3) is 0.267. The van der Waals surface area contributed by atoms with Crippen LogP contribution in [0.1, 0.15) is 16.6 Å². The fourth-order valence-corrected chi connectivity index (χ4v) is 2.82. The summed E-state index contributed by atoms with van der Waals surface area (Å²) < 4.78 is 5.89. The summed E-state index contributed by atoms with van der Waals surface area (Å²) in [7, 11) is 0. The van der Waals surface area contributed by atoms with Gasteiger partial charge >= 0.3 is 5.97 Å². The molecule has 2 aromatic rings. The van der Waals surface area contributed by atoms with E-state index in [-0.39, 0.29) is 25.0 Å². The van der Waals surface area contributed by atoms with Gasteiger partial charge in [-0.3, -0.25) is 9.59 Å². The van der Waals surface area contributed by atoms with E-state index in [1.165, 1.54) is 11.3 Å². The Labute approximate surface area is 136 Å². The van der Waals surface area contributed by atoms with E-state index in [1.54, 1.807) is 25.1 Å². The lowest BCUT2D eigenvalue weighted by molar-refractivity contribution is -0.123. The van der Waals surface area contributed by atoms with Gasteiger partial charge in [0.05, 0.1) is 19.7 Å². The summed E-state index contributed by atoms with van der Waals surface area (Å²) in [5.41, 5.74) is 5.72. The van der Waals surface area contributed by atoms with Gasteiger partial charge in [0.1, 0.15) is 4.88 Å². The lowest BCUT2D eigenvalue weighted by Gasteiger charge is -2.06. The molecule has 0 fully saturated rings. The second-order valence-electron chi connectivity index (χ2n) is 4.61. The lowest BCUT2D eigenvalue weighted by Crippen LogP contribution is -2.36. The van der Waals surface area contributed by atoms with Crippen LogP contribution in [0.2, 0.25) is 0 Å². The molecule has 8 heteroatoms. The maximum absolute atomic E-state index is 11.7. The summed E-state index contributed by atoms with van der Waals surface area (Å²) in [4.78, 5) is 35.0. The second kappa shape index (κ2) is 7.70. The minimum atomic E-state index is -0.396. The number of hydrogen-bond acceptors (Lipinski definition) is 6. The van der Waals surface area contributed by atoms with Crippen molar-refractivity contribution in [2.75, 3.05) is 25.0 Å². The number of rotatable bonds is 6. The first-order valence-electron chi connectivity index (χ1n) is 7.00. The molecule has 2 amide bonds. The first-order valence-corrected chi connectivity index (χ1v) is 7.82. The molecule has 0 saturated carbocycles. The second-order valence-corrected chi connectivity index (χ2v) is 5.70. The van der Waals surface area contributed by atoms with Crippen LogP contribution in [0.3, 0.4) is 0 Å². The lowest BCUT2D eigenvalue weighted by atomic mass is 10.2. The number of ether oxygens (including phenoxy) is 1. The summed E-state index contributed by atoms with van der Waals surface area (Å²) in [5, 5.41) is 5.89. The van der Waals surface area contributed by atoms with Gasteiger partial charge in [0.15, 0.2) is 0 Å². The number of thiophene rings is 1. The average molecular weight is 335 g/mol. The van der Waals surface area contributed by atoms with E-state index in [1.807, 2.05) is 6.07 Å². The summed E-state index contributed by atoms with van der Waals surface area (Å²) in [6, 6.07) is 7.04. The van der Waals surface area contributed by atoms with Crippen molar-refractivity contribution in [3.63, 3.8) is 0 Å². The van der Waals surface area contributed by atoms with Gasteiger partial charge in [-0.2, -0.15) is 0 Å². The number of esters is 1. The molecule has 122 valence electrons. The third-order valence-corrected chi connectivity index (χ3v) is 4.00. The Bertz CT molecular complexity index is 741. The highest BCUT2D eigenvalue weighted by Gasteiger charge is 2.12. The van der Waals surface area contributed by atoms with Gasteiger partial charge < -0.3 is 21.1 Å². The van der Waals surface area contributed by atoms with E-state index in [2.05, 4.69) is 10.6 Å². The SMILES string of the molecule is CCOC(=O)c1cc2cc(NC(=O)CNC(=O)CN)ccc2s1. The highest BCUT2D eigenvalue weighted by atomic mass is 32.1. The average Bonchev–Trinajstić information content (AvgIpc) is 2.96. The molecule has 0 saturated heterocycles. The van der Waals surface area contributed by atoms with Crippen molar-refractivity contribution >= 4 is 44.9 Å². The van der Waals surface area contributed by atoms with Gasteiger partial charge in [0.2, 0.25) is 11.8 Å². The number of carbonyl (C=O) groups is 3. The number of nitrogens with two attached hydrogens (primary N) is 1. The van der Waals surface area contributed by atoms with Crippen molar-refractivity contribution in [1.82, 2.24) is 5.32 Å². The Morgan fingerprint density at radius 2 is 2.00 bits per heavy atom. The Hall–Kier alpha value is -2.45. The smallest absolute Gasteiger partial charge is 0.348 e. The number of anilines is 1. The highest BCUT2D eigenvalue weighted by Crippen LogP contribution is 2.28. The molecule has 4 N–H and O–H groups in total. The van der Waals surface area contributed by atoms with Gasteiger partial charge in [-0.05, 0) is 36.6 Å². The molecule has 7 nitrogen and oxygen atoms in total. The number of benzene rings is 1. The number of amides is 2. The van der Waals surface area contributed by atoms with Crippen molar-refractivity contribution in [2.45, 2.75) is 6.92 Å². The largest absolute Gasteiger partial charge is 0.462 e. The summed E-state index contributed by atoms with van der Waals surface area (Å²) in [5.74, 6) is -1.11. The van der Waals surface area contributed by atoms with Crippen LogP contribution >= 0.6 is 11.3 Å². The van der Waals surface area contributed by atoms with Crippen LogP contribution in [0, 0.1) is 0 Å². The van der Waals surface area contributed by atoms with Crippen molar-refractivity contribution in [3.05, 3.63) is 29.1 Å². The van der Waals surface area contributed by atoms with E-state index >= 15 is 0 Å². The van der Waals surface area contributed by atoms with Crippen LogP contribution in [0.15, 0.2) is 24.3 Å². The standard InChI is InChI=1S/C15H17N3O4S/c1-2-22-15(21)12-6-9-5-10(3-4-11(9)23-12)18-14(20)8-17-13(19)7-16/h3-6H,2,7-8,16H2,1H3,(H,17,19)(H,18,20). The third-order valence-electron chi connectivity index (χ3n) is 2.91. The van der Waals surface area contributed by atoms with Crippen LogP contribution in [0.5, 0.6) is 0 Å². The molecule has 0 spiro atoms. The summed E-state index contributed by atoms with van der Waals surface area (Å²) >= 11 is 1.33. The minimum Gasteiger partial charge on any atom is -0.462 e. The van der Waals surface area contributed by atoms with Crippen LogP contribution in [-0.4, -0.2) is 37.5 Å². The monoisotopic (exact) mass is 335 g/mol. The van der Waals surface area contributed by atoms with E-state index in [0.717, 1.165) is 10.1 Å². The van der Waals surface area contributed by atoms with Crippen LogP contribution in [-0.2, 0) is 14.3 Å². The molecule has 1 aromatic heterocycles. The number of carbonyl (C=O) groups excluding carboxylic acids is 3. The van der Waals surface area contributed by atoms with E-state index in [0.29, 0.717) is 17.2 Å². The topological polar surface area (TPSA) is 111 Å². The van der Waals surface area contributed by atoms with Gasteiger partial charge in [0, 0.05) is 10.4 Å². The third kappa shape index (κ3) is 4.51. The summed E-state index contributed by atoms with van der Waals surface area (Å²) in [6.45, 7) is 1.77. The zero-order valence-corrected chi connectivity index (χ0v) is 13.4. The van der Waals surface area contributed by atoms with Gasteiger partial charge in [-0.1, -0.05) is 0 Å². The molecular formula is C15H17N3O4S. The van der Waals surface area contributed by atoms with Gasteiger partial charge in [-0.15, -0.1) is 11.3 Å². The number of nitrogens with one attached hydrogen (secondary N) is 2. The summed E-state index contributed by atoms with van der Waals surface area (Å²) in [6.07, 6.45) is 0. The molecule has 0 unspecified atom stereocenters. The first-order chi connectivity index (χ1) is 11.0. The molecule has 0 aliphatic carbocycles. The van der Waals surface area contributed by atoms with E-state index in [9.17, 15) is 14.4 Å². The maximum atomic E-state index is 11.7. The normalized spacial score (nSPS) is 10.3. The van der Waals surface area contributed by atoms with Gasteiger partial charge in [0.25, 0.3) is 0 Å². The van der Waals surface area contributed by atoms with Crippen LogP contribution < -0.4 is 16.4 Å². The maximum Gasteiger partial charge on any atom is 0.348 e. The Kier molecular flexibility index (Phi) is 5.67. The van der Waals surface area contributed by atoms with Gasteiger partial charge in [-0.25, -0.2) is 4.79 Å². The predicted octanol–water partition coefficient (Wildman–Crippen LogP) is 1.09. The minimum absolute atomic E-state index is 0.147. The zero-order valence-electron chi connectivity index (χ0n) is 12.5. The van der Waals surface area contributed by atoms with Crippen LogP contribution in [0.25, 0.3) is 10.1 Å². The molecule has 0 aliphatic rings. The Balaban J connectivity index is 2.06. The number of fused-ring (bicyclic) bond motifs is 1. The molecular weight excluding hydrogens is 318 g/mol. The Morgan fingerprint density at radius 1 is 1.22 bits per heavy atom. The van der Waals surface area contributed by atoms with Crippen LogP contribution in [0.4, 0.5) is 5.69 Å². The zero-order chi connectivity index (χ0) is 16.8. The highest BCUT2D eigenvalue weighted by molar-refractivity contribution is 7.20. The molecule has 0 radical (unpaired) electrons. The molecule has 1 aromatic carbocycles. The van der Waals surface area contributed by atoms with E-state index < -0.39 is 5.91 Å². The predicted molar refractivity (Wildman–Crippen MR) is 88.5 cm³/mol.